The molecule has 9 nitrogen and oxygen atoms in total. The van der Waals surface area contributed by atoms with Crippen LogP contribution in [-0.2, 0) is 32.7 Å². The van der Waals surface area contributed by atoms with Gasteiger partial charge in [-0.05, 0) is 154 Å². The van der Waals surface area contributed by atoms with Gasteiger partial charge in [0.1, 0.15) is 6.61 Å². The highest BCUT2D eigenvalue weighted by atomic mass is 31.2. The molecule has 0 bridgehead atoms. The van der Waals surface area contributed by atoms with Crippen molar-refractivity contribution >= 4 is 19.8 Å². The van der Waals surface area contributed by atoms with E-state index in [-0.39, 0.29) is 32.6 Å². The van der Waals surface area contributed by atoms with E-state index >= 15 is 0 Å². The number of unbranched alkanes of at least 4 members (excludes halogenated alkanes) is 16. The molecule has 520 valence electrons. The van der Waals surface area contributed by atoms with Crippen LogP contribution in [0.3, 0.4) is 0 Å². The number of nitrogens with two attached hydrogens (primary N) is 1. The summed E-state index contributed by atoms with van der Waals surface area (Å²) in [5.41, 5.74) is 5.40. The lowest BCUT2D eigenvalue weighted by molar-refractivity contribution is -0.161. The van der Waals surface area contributed by atoms with E-state index in [4.69, 9.17) is 24.3 Å². The van der Waals surface area contributed by atoms with Crippen LogP contribution >= 0.6 is 7.82 Å². The molecule has 0 saturated heterocycles. The lowest BCUT2D eigenvalue weighted by atomic mass is 10.0. The van der Waals surface area contributed by atoms with Gasteiger partial charge in [-0.15, -0.1) is 0 Å². The molecule has 0 saturated carbocycles. The van der Waals surface area contributed by atoms with Gasteiger partial charge in [0.2, 0.25) is 0 Å². The summed E-state index contributed by atoms with van der Waals surface area (Å²) in [5, 5.41) is 0. The Labute approximate surface area is 569 Å². The number of esters is 2. The quantitative estimate of drug-likeness (QED) is 0.0264. The van der Waals surface area contributed by atoms with E-state index in [9.17, 15) is 19.0 Å². The molecule has 2 atom stereocenters. The van der Waals surface area contributed by atoms with E-state index in [1.807, 2.05) is 0 Å². The SMILES string of the molecule is CC/C=C\C/C=C\C/C=C\C/C=C\C/C=C\C/C=C\C/C=C\C/C=C\C/C=C\C/C=C\C/C=C\C/C=C\CCCCCCC(=O)OC(COC(=O)CCCCCCCCCCCCCC/C=C\C/C=C\C/C=C\C/C=C\C/C=C\C/C=C\CC)COP(=O)(O)OCCN. The van der Waals surface area contributed by atoms with Crippen LogP contribution in [0.15, 0.2) is 219 Å². The predicted molar refractivity (Wildman–Crippen MR) is 403 cm³/mol. The topological polar surface area (TPSA) is 134 Å². The molecule has 0 spiro atoms. The molecule has 0 heterocycles. The van der Waals surface area contributed by atoms with Crippen LogP contribution in [0, 0.1) is 0 Å². The molecule has 0 aliphatic rings. The van der Waals surface area contributed by atoms with E-state index < -0.39 is 32.5 Å². The molecule has 0 aliphatic heterocycles. The van der Waals surface area contributed by atoms with Crippen LogP contribution in [0.1, 0.15) is 258 Å². The Balaban J connectivity index is 4.04. The monoisotopic (exact) mass is 1300 g/mol. The summed E-state index contributed by atoms with van der Waals surface area (Å²) < 4.78 is 33.2. The van der Waals surface area contributed by atoms with Gasteiger partial charge in [0, 0.05) is 19.4 Å². The number of phosphoric acid groups is 1. The largest absolute Gasteiger partial charge is 0.472 e. The van der Waals surface area contributed by atoms with Gasteiger partial charge < -0.3 is 20.1 Å². The second-order valence-corrected chi connectivity index (χ2v) is 24.4. The van der Waals surface area contributed by atoms with Crippen molar-refractivity contribution in [2.24, 2.45) is 5.73 Å². The van der Waals surface area contributed by atoms with Crippen molar-refractivity contribution in [2.75, 3.05) is 26.4 Å². The minimum atomic E-state index is -4.42. The fourth-order valence-electron chi connectivity index (χ4n) is 9.09. The van der Waals surface area contributed by atoms with Gasteiger partial charge in [-0.1, -0.05) is 310 Å². The molecule has 93 heavy (non-hydrogen) atoms. The lowest BCUT2D eigenvalue weighted by Gasteiger charge is -2.19. The Morgan fingerprint density at radius 1 is 0.323 bits per heavy atom. The first-order valence-electron chi connectivity index (χ1n) is 36.2. The van der Waals surface area contributed by atoms with Gasteiger partial charge >= 0.3 is 19.8 Å². The number of hydrogen-bond donors (Lipinski definition) is 2. The summed E-state index contributed by atoms with van der Waals surface area (Å²) in [6, 6.07) is 0. The molecule has 0 aromatic carbocycles. The summed E-state index contributed by atoms with van der Waals surface area (Å²) in [4.78, 5) is 35.4. The van der Waals surface area contributed by atoms with Crippen LogP contribution in [0.5, 0.6) is 0 Å². The number of ether oxygens (including phenoxy) is 2. The van der Waals surface area contributed by atoms with E-state index in [0.29, 0.717) is 12.8 Å². The van der Waals surface area contributed by atoms with Crippen molar-refractivity contribution in [1.29, 1.82) is 0 Å². The number of phosphoric ester groups is 1. The molecule has 3 N–H and O–H groups in total. The van der Waals surface area contributed by atoms with Crippen molar-refractivity contribution < 1.29 is 37.6 Å². The van der Waals surface area contributed by atoms with Crippen molar-refractivity contribution in [2.45, 2.75) is 264 Å². The summed E-state index contributed by atoms with van der Waals surface area (Å²) in [6.45, 7) is 3.46. The molecule has 0 radical (unpaired) electrons. The summed E-state index contributed by atoms with van der Waals surface area (Å²) in [6.07, 6.45) is 117. The zero-order valence-electron chi connectivity index (χ0n) is 58.4. The van der Waals surface area contributed by atoms with Gasteiger partial charge in [-0.3, -0.25) is 18.6 Å². The molecule has 0 rings (SSSR count). The molecular weight excluding hydrogens is 1170 g/mol. The van der Waals surface area contributed by atoms with E-state index in [1.54, 1.807) is 0 Å². The van der Waals surface area contributed by atoms with Crippen molar-refractivity contribution in [3.8, 4) is 0 Å². The Morgan fingerprint density at radius 2 is 0.559 bits per heavy atom. The van der Waals surface area contributed by atoms with Gasteiger partial charge in [-0.25, -0.2) is 4.57 Å². The zero-order valence-corrected chi connectivity index (χ0v) is 59.3. The van der Waals surface area contributed by atoms with Crippen molar-refractivity contribution in [1.82, 2.24) is 0 Å². The molecule has 2 unspecified atom stereocenters. The highest BCUT2D eigenvalue weighted by molar-refractivity contribution is 7.47. The molecule has 0 fully saturated rings. The molecule has 0 aromatic heterocycles. The fourth-order valence-corrected chi connectivity index (χ4v) is 9.86. The van der Waals surface area contributed by atoms with E-state index in [1.165, 1.54) is 57.8 Å². The smallest absolute Gasteiger partial charge is 0.462 e. The molecule has 10 heteroatoms. The maximum absolute atomic E-state index is 12.8. The predicted octanol–water partition coefficient (Wildman–Crippen LogP) is 24.4. The van der Waals surface area contributed by atoms with Gasteiger partial charge in [0.25, 0.3) is 0 Å². The maximum atomic E-state index is 12.8. The first kappa shape index (κ1) is 87.3. The Bertz CT molecular complexity index is 2330. The third-order valence-corrected chi connectivity index (χ3v) is 15.3. The highest BCUT2D eigenvalue weighted by Gasteiger charge is 2.26. The summed E-state index contributed by atoms with van der Waals surface area (Å²) in [5.74, 6) is -0.873. The first-order chi connectivity index (χ1) is 45.8. The Kier molecular flexibility index (Phi) is 70.8. The zero-order chi connectivity index (χ0) is 67.2. The maximum Gasteiger partial charge on any atom is 0.472 e. The third kappa shape index (κ3) is 75.2. The average Bonchev–Trinajstić information content (AvgIpc) is 3.49. The normalized spacial score (nSPS) is 14.2. The molecular formula is C83H130NO8P. The number of rotatable bonds is 65. The standard InChI is InChI=1S/C83H130NO8P/c1-3-5-7-9-11-13-15-17-19-21-23-25-27-29-31-33-35-36-37-38-39-40-41-42-43-44-46-48-50-52-54-56-58-60-62-64-66-68-70-72-74-76-83(86)92-81(80-91-93(87,88)90-78-77-84)79-89-82(85)75-73-71-69-67-65-63-61-59-57-55-53-51-49-47-45-34-32-30-28-26-24-22-20-18-16-14-12-10-8-6-4-2/h5-8,11-14,17-20,23-26,29-32,35-36,38-39,41-42,44-47,50,52,56,58,62,64,81H,3-4,9-10,15-16,21-22,27-28,33-34,37,40,43,48-49,51,53-55,57,59-61,63,65-80,84H2,1-2H3,(H,87,88)/b7-5-,8-6-,13-11-,14-12-,19-17-,20-18-,25-23-,26-24-,31-29-,32-30-,36-35-,39-38-,42-41-,46-44-,47-45-,52-50-,58-56-,64-62-. The van der Waals surface area contributed by atoms with Crippen LogP contribution in [0.4, 0.5) is 0 Å². The van der Waals surface area contributed by atoms with Crippen molar-refractivity contribution in [3.05, 3.63) is 219 Å². The third-order valence-electron chi connectivity index (χ3n) is 14.4. The number of hydrogen-bond acceptors (Lipinski definition) is 8. The number of carbonyl (C=O) groups excluding carboxylic acids is 2. The number of allylic oxidation sites excluding steroid dienone is 36. The fraction of sp³-hybridized carbons (Fsp3) is 0.542. The Morgan fingerprint density at radius 3 is 0.828 bits per heavy atom. The molecule has 0 aromatic rings. The second-order valence-electron chi connectivity index (χ2n) is 23.0. The van der Waals surface area contributed by atoms with Crippen LogP contribution in [-0.4, -0.2) is 49.3 Å². The average molecular weight is 1300 g/mol. The Hall–Kier alpha value is -5.67. The molecule has 0 aliphatic carbocycles. The minimum Gasteiger partial charge on any atom is -0.462 e. The van der Waals surface area contributed by atoms with E-state index in [0.717, 1.165) is 161 Å². The second kappa shape index (κ2) is 75.4. The van der Waals surface area contributed by atoms with Gasteiger partial charge in [-0.2, -0.15) is 0 Å². The molecule has 0 amide bonds. The first-order valence-corrected chi connectivity index (χ1v) is 37.7. The highest BCUT2D eigenvalue weighted by Crippen LogP contribution is 2.43. The number of carbonyl (C=O) groups is 2. The van der Waals surface area contributed by atoms with Gasteiger partial charge in [0.05, 0.1) is 13.2 Å². The van der Waals surface area contributed by atoms with Gasteiger partial charge in [0.15, 0.2) is 6.10 Å². The van der Waals surface area contributed by atoms with E-state index in [2.05, 4.69) is 233 Å². The van der Waals surface area contributed by atoms with Crippen molar-refractivity contribution in [3.63, 3.8) is 0 Å². The van der Waals surface area contributed by atoms with Crippen LogP contribution < -0.4 is 5.73 Å². The summed E-state index contributed by atoms with van der Waals surface area (Å²) >= 11 is 0. The minimum absolute atomic E-state index is 0.0374. The lowest BCUT2D eigenvalue weighted by Crippen LogP contribution is -2.29. The van der Waals surface area contributed by atoms with Crippen LogP contribution in [0.25, 0.3) is 0 Å². The van der Waals surface area contributed by atoms with Crippen LogP contribution in [0.2, 0.25) is 0 Å². The summed E-state index contributed by atoms with van der Waals surface area (Å²) in [7, 11) is -4.42.